The molecule has 1 atom stereocenters. The average Bonchev–Trinajstić information content (AvgIpc) is 1.77. The van der Waals surface area contributed by atoms with Gasteiger partial charge in [-0.15, -0.1) is 0 Å². The van der Waals surface area contributed by atoms with Crippen molar-refractivity contribution in [2.45, 2.75) is 39.7 Å². The van der Waals surface area contributed by atoms with Crippen molar-refractivity contribution in [3.05, 3.63) is 11.6 Å². The van der Waals surface area contributed by atoms with E-state index in [2.05, 4.69) is 5.10 Å². The fourth-order valence-electron chi connectivity index (χ4n) is 1.57. The highest BCUT2D eigenvalue weighted by atomic mass is 16.3. The Balaban J connectivity index is 4.44. The van der Waals surface area contributed by atoms with Gasteiger partial charge in [0.25, 0.3) is 0 Å². The maximum Gasteiger partial charge on any atom is 0.0854 e. The molecule has 0 aliphatic rings. The smallest absolute Gasteiger partial charge is 0.0854 e. The van der Waals surface area contributed by atoms with Crippen LogP contribution in [0.4, 0.5) is 0 Å². The standard InChI is InChI=1S/C11H22N2O/c1-9(2)7-11(4,14)8-10(3)12-13(5)6/h7,14H,8H2,1-6H3/b12-10+. The van der Waals surface area contributed by atoms with Gasteiger partial charge in [-0.05, 0) is 27.7 Å². The van der Waals surface area contributed by atoms with Crippen LogP contribution in [0, 0.1) is 0 Å². The molecular weight excluding hydrogens is 176 g/mol. The molecule has 0 heterocycles. The molecule has 82 valence electrons. The first-order valence-corrected chi connectivity index (χ1v) is 4.83. The van der Waals surface area contributed by atoms with Crippen LogP contribution in [0.5, 0.6) is 0 Å². The summed E-state index contributed by atoms with van der Waals surface area (Å²) < 4.78 is 0. The molecule has 0 aliphatic carbocycles. The first-order valence-electron chi connectivity index (χ1n) is 4.83. The van der Waals surface area contributed by atoms with Gasteiger partial charge in [-0.25, -0.2) is 0 Å². The zero-order chi connectivity index (χ0) is 11.4. The van der Waals surface area contributed by atoms with E-state index < -0.39 is 5.60 Å². The lowest BCUT2D eigenvalue weighted by Crippen LogP contribution is -2.25. The molecule has 0 aromatic rings. The molecule has 0 radical (unpaired) electrons. The Bertz CT molecular complexity index is 236. The second-order valence-corrected chi connectivity index (χ2v) is 4.44. The van der Waals surface area contributed by atoms with Crippen molar-refractivity contribution < 1.29 is 5.11 Å². The molecule has 0 saturated heterocycles. The van der Waals surface area contributed by atoms with Crippen LogP contribution in [0.2, 0.25) is 0 Å². The molecule has 3 heteroatoms. The van der Waals surface area contributed by atoms with Crippen LogP contribution < -0.4 is 0 Å². The van der Waals surface area contributed by atoms with E-state index in [1.54, 1.807) is 11.9 Å². The van der Waals surface area contributed by atoms with Crippen molar-refractivity contribution in [3.8, 4) is 0 Å². The SMILES string of the molecule is CC(C)=CC(C)(O)C/C(C)=N/N(C)C. The number of hydrogen-bond donors (Lipinski definition) is 1. The van der Waals surface area contributed by atoms with Gasteiger partial charge in [0.15, 0.2) is 0 Å². The van der Waals surface area contributed by atoms with E-state index in [4.69, 9.17) is 0 Å². The predicted molar refractivity (Wildman–Crippen MR) is 61.5 cm³/mol. The van der Waals surface area contributed by atoms with Crippen molar-refractivity contribution in [3.63, 3.8) is 0 Å². The van der Waals surface area contributed by atoms with E-state index in [9.17, 15) is 5.11 Å². The van der Waals surface area contributed by atoms with Gasteiger partial charge in [0.1, 0.15) is 0 Å². The maximum atomic E-state index is 9.99. The highest BCUT2D eigenvalue weighted by Crippen LogP contribution is 2.14. The van der Waals surface area contributed by atoms with E-state index in [1.807, 2.05) is 40.9 Å². The lowest BCUT2D eigenvalue weighted by atomic mass is 9.97. The van der Waals surface area contributed by atoms with Crippen LogP contribution in [0.3, 0.4) is 0 Å². The average molecular weight is 198 g/mol. The second kappa shape index (κ2) is 5.15. The summed E-state index contributed by atoms with van der Waals surface area (Å²) in [7, 11) is 3.75. The van der Waals surface area contributed by atoms with Crippen LogP contribution in [0.15, 0.2) is 16.8 Å². The molecule has 0 fully saturated rings. The Hall–Kier alpha value is -0.830. The Morgan fingerprint density at radius 3 is 2.21 bits per heavy atom. The Kier molecular flexibility index (Phi) is 4.85. The van der Waals surface area contributed by atoms with Gasteiger partial charge in [0, 0.05) is 26.2 Å². The summed E-state index contributed by atoms with van der Waals surface area (Å²) in [6.07, 6.45) is 2.43. The third kappa shape index (κ3) is 6.66. The van der Waals surface area contributed by atoms with Gasteiger partial charge in [-0.3, -0.25) is 0 Å². The molecule has 0 spiro atoms. The quantitative estimate of drug-likeness (QED) is 0.426. The van der Waals surface area contributed by atoms with Gasteiger partial charge >= 0.3 is 0 Å². The first kappa shape index (κ1) is 13.2. The number of allylic oxidation sites excluding steroid dienone is 1. The van der Waals surface area contributed by atoms with Crippen molar-refractivity contribution in [1.29, 1.82) is 0 Å². The molecule has 3 nitrogen and oxygen atoms in total. The monoisotopic (exact) mass is 198 g/mol. The van der Waals surface area contributed by atoms with Crippen LogP contribution in [-0.4, -0.2) is 35.5 Å². The van der Waals surface area contributed by atoms with E-state index in [-0.39, 0.29) is 0 Å². The summed E-state index contributed by atoms with van der Waals surface area (Å²) in [5, 5.41) is 16.0. The zero-order valence-corrected chi connectivity index (χ0v) is 10.1. The normalized spacial score (nSPS) is 16.1. The van der Waals surface area contributed by atoms with Crippen molar-refractivity contribution in [2.24, 2.45) is 5.10 Å². The Morgan fingerprint density at radius 1 is 1.36 bits per heavy atom. The zero-order valence-electron chi connectivity index (χ0n) is 10.1. The van der Waals surface area contributed by atoms with Crippen molar-refractivity contribution in [1.82, 2.24) is 5.01 Å². The second-order valence-electron chi connectivity index (χ2n) is 4.44. The maximum absolute atomic E-state index is 9.99. The van der Waals surface area contributed by atoms with E-state index >= 15 is 0 Å². The predicted octanol–water partition coefficient (Wildman–Crippen LogP) is 2.03. The highest BCUT2D eigenvalue weighted by Gasteiger charge is 2.18. The number of rotatable bonds is 4. The van der Waals surface area contributed by atoms with E-state index in [0.717, 1.165) is 11.3 Å². The van der Waals surface area contributed by atoms with Gasteiger partial charge < -0.3 is 10.1 Å². The number of hydrazone groups is 1. The molecule has 1 unspecified atom stereocenters. The van der Waals surface area contributed by atoms with Crippen LogP contribution in [0.1, 0.15) is 34.1 Å². The summed E-state index contributed by atoms with van der Waals surface area (Å²) in [5.41, 5.74) is 1.26. The van der Waals surface area contributed by atoms with Gasteiger partial charge in [-0.2, -0.15) is 5.10 Å². The third-order valence-corrected chi connectivity index (χ3v) is 1.58. The molecule has 0 aromatic heterocycles. The first-order chi connectivity index (χ1) is 6.23. The molecular formula is C11H22N2O. The fourth-order valence-corrected chi connectivity index (χ4v) is 1.57. The van der Waals surface area contributed by atoms with Crippen molar-refractivity contribution in [2.75, 3.05) is 14.1 Å². The van der Waals surface area contributed by atoms with Gasteiger partial charge in [0.2, 0.25) is 0 Å². The fraction of sp³-hybridized carbons (Fsp3) is 0.727. The molecule has 0 amide bonds. The summed E-state index contributed by atoms with van der Waals surface area (Å²) in [6, 6.07) is 0. The summed E-state index contributed by atoms with van der Waals surface area (Å²) in [4.78, 5) is 0. The van der Waals surface area contributed by atoms with E-state index in [1.165, 1.54) is 0 Å². The Labute approximate surface area is 87.1 Å². The third-order valence-electron chi connectivity index (χ3n) is 1.58. The topological polar surface area (TPSA) is 35.8 Å². The number of hydrogen-bond acceptors (Lipinski definition) is 3. The highest BCUT2D eigenvalue weighted by molar-refractivity contribution is 5.82. The minimum absolute atomic E-state index is 0.566. The minimum atomic E-state index is -0.789. The van der Waals surface area contributed by atoms with Gasteiger partial charge in [0.05, 0.1) is 5.60 Å². The van der Waals surface area contributed by atoms with E-state index in [0.29, 0.717) is 6.42 Å². The molecule has 0 aromatic carbocycles. The number of aliphatic hydroxyl groups is 1. The summed E-state index contributed by atoms with van der Waals surface area (Å²) in [5.74, 6) is 0. The van der Waals surface area contributed by atoms with Crippen molar-refractivity contribution >= 4 is 5.71 Å². The van der Waals surface area contributed by atoms with Crippen LogP contribution in [0.25, 0.3) is 0 Å². The molecule has 0 bridgehead atoms. The van der Waals surface area contributed by atoms with Crippen LogP contribution in [-0.2, 0) is 0 Å². The summed E-state index contributed by atoms with van der Waals surface area (Å²) in [6.45, 7) is 7.68. The van der Waals surface area contributed by atoms with Gasteiger partial charge in [-0.1, -0.05) is 11.6 Å². The molecule has 0 saturated carbocycles. The number of nitrogens with zero attached hydrogens (tertiary/aromatic N) is 2. The Morgan fingerprint density at radius 2 is 1.86 bits per heavy atom. The molecule has 0 rings (SSSR count). The summed E-state index contributed by atoms with van der Waals surface area (Å²) >= 11 is 0. The van der Waals surface area contributed by atoms with Crippen LogP contribution >= 0.6 is 0 Å². The molecule has 0 aliphatic heterocycles. The largest absolute Gasteiger partial charge is 0.386 e. The minimum Gasteiger partial charge on any atom is -0.386 e. The molecule has 14 heavy (non-hydrogen) atoms. The lowest BCUT2D eigenvalue weighted by Gasteiger charge is -2.20. The molecule has 1 N–H and O–H groups in total. The lowest BCUT2D eigenvalue weighted by molar-refractivity contribution is 0.118.